The number of amides is 1. The monoisotopic (exact) mass is 260 g/mol. The van der Waals surface area contributed by atoms with Gasteiger partial charge in [0.15, 0.2) is 5.43 Å². The fourth-order valence-corrected chi connectivity index (χ4v) is 2.82. The van der Waals surface area contributed by atoms with Gasteiger partial charge in [-0.25, -0.2) is 0 Å². The van der Waals surface area contributed by atoms with Crippen LogP contribution in [-0.2, 0) is 0 Å². The number of nitrogens with one attached hydrogen (secondary N) is 2. The Bertz CT molecular complexity index is 529. The molecular weight excluding hydrogens is 240 g/mol. The minimum atomic E-state index is -0.243. The zero-order chi connectivity index (χ0) is 13.4. The first-order valence-corrected chi connectivity index (χ1v) is 7.12. The summed E-state index contributed by atoms with van der Waals surface area (Å²) in [5.74, 6) is 2.01. The number of rotatable bonds is 5. The molecule has 2 N–H and O–H groups in total. The minimum Gasteiger partial charge on any atom is -0.364 e. The fourth-order valence-electron chi connectivity index (χ4n) is 2.82. The largest absolute Gasteiger partial charge is 0.364 e. The Morgan fingerprint density at radius 2 is 2.00 bits per heavy atom. The van der Waals surface area contributed by atoms with Crippen molar-refractivity contribution in [2.45, 2.75) is 32.6 Å². The van der Waals surface area contributed by atoms with Gasteiger partial charge in [0.05, 0.1) is 0 Å². The highest BCUT2D eigenvalue weighted by atomic mass is 16.2. The van der Waals surface area contributed by atoms with E-state index >= 15 is 0 Å². The summed E-state index contributed by atoms with van der Waals surface area (Å²) in [5, 5.41) is 2.94. The number of H-pyrrole nitrogens is 1. The SMILES string of the molecule is Cc1cc(=O)c(C(=O)NCC(C2CC2)C2CC2)c[nH]1. The molecule has 102 valence electrons. The van der Waals surface area contributed by atoms with Gasteiger partial charge in [-0.15, -0.1) is 0 Å². The van der Waals surface area contributed by atoms with E-state index < -0.39 is 0 Å². The Morgan fingerprint density at radius 3 is 2.53 bits per heavy atom. The van der Waals surface area contributed by atoms with Crippen molar-refractivity contribution >= 4 is 5.91 Å². The molecule has 2 aliphatic rings. The Kier molecular flexibility index (Phi) is 3.17. The molecule has 1 amide bonds. The Labute approximate surface area is 112 Å². The third kappa shape index (κ3) is 2.88. The van der Waals surface area contributed by atoms with Crippen LogP contribution < -0.4 is 10.7 Å². The first kappa shape index (κ1) is 12.5. The second kappa shape index (κ2) is 4.83. The van der Waals surface area contributed by atoms with Gasteiger partial charge in [-0.1, -0.05) is 0 Å². The van der Waals surface area contributed by atoms with Gasteiger partial charge in [0, 0.05) is 24.5 Å². The van der Waals surface area contributed by atoms with Gasteiger partial charge >= 0.3 is 0 Å². The van der Waals surface area contributed by atoms with Crippen LogP contribution in [0.3, 0.4) is 0 Å². The van der Waals surface area contributed by atoms with Crippen LogP contribution in [0.25, 0.3) is 0 Å². The van der Waals surface area contributed by atoms with Gasteiger partial charge in [0.25, 0.3) is 5.91 Å². The normalized spacial score (nSPS) is 18.6. The van der Waals surface area contributed by atoms with E-state index in [0.717, 1.165) is 24.1 Å². The second-order valence-electron chi connectivity index (χ2n) is 5.94. The number of aryl methyl sites for hydroxylation is 1. The molecule has 4 nitrogen and oxygen atoms in total. The highest BCUT2D eigenvalue weighted by Crippen LogP contribution is 2.48. The van der Waals surface area contributed by atoms with Crippen molar-refractivity contribution in [2.24, 2.45) is 17.8 Å². The van der Waals surface area contributed by atoms with Gasteiger partial charge < -0.3 is 10.3 Å². The van der Waals surface area contributed by atoms with E-state index in [1.165, 1.54) is 37.9 Å². The van der Waals surface area contributed by atoms with Crippen molar-refractivity contribution in [2.75, 3.05) is 6.54 Å². The van der Waals surface area contributed by atoms with Crippen LogP contribution in [0.5, 0.6) is 0 Å². The van der Waals surface area contributed by atoms with Crippen LogP contribution in [0.15, 0.2) is 17.1 Å². The molecule has 0 unspecified atom stereocenters. The van der Waals surface area contributed by atoms with Crippen LogP contribution in [0.2, 0.25) is 0 Å². The van der Waals surface area contributed by atoms with E-state index in [2.05, 4.69) is 10.3 Å². The number of hydrogen-bond acceptors (Lipinski definition) is 2. The van der Waals surface area contributed by atoms with Gasteiger partial charge in [0.2, 0.25) is 0 Å². The van der Waals surface area contributed by atoms with Crippen LogP contribution in [0, 0.1) is 24.7 Å². The van der Waals surface area contributed by atoms with Crippen LogP contribution in [-0.4, -0.2) is 17.4 Å². The smallest absolute Gasteiger partial charge is 0.256 e. The summed E-state index contributed by atoms with van der Waals surface area (Å²) in [7, 11) is 0. The summed E-state index contributed by atoms with van der Waals surface area (Å²) in [6.45, 7) is 2.53. The molecule has 2 fully saturated rings. The average Bonchev–Trinajstić information content (AvgIpc) is 3.23. The Balaban J connectivity index is 1.62. The average molecular weight is 260 g/mol. The third-order valence-electron chi connectivity index (χ3n) is 4.26. The zero-order valence-corrected chi connectivity index (χ0v) is 11.2. The third-order valence-corrected chi connectivity index (χ3v) is 4.26. The minimum absolute atomic E-state index is 0.205. The summed E-state index contributed by atoms with van der Waals surface area (Å²) in [6, 6.07) is 1.47. The highest BCUT2D eigenvalue weighted by molar-refractivity contribution is 5.93. The number of hydrogen-bond donors (Lipinski definition) is 2. The molecule has 19 heavy (non-hydrogen) atoms. The topological polar surface area (TPSA) is 62.0 Å². The second-order valence-corrected chi connectivity index (χ2v) is 5.94. The van der Waals surface area contributed by atoms with E-state index in [1.807, 2.05) is 0 Å². The van der Waals surface area contributed by atoms with Crippen LogP contribution in [0.1, 0.15) is 41.7 Å². The van der Waals surface area contributed by atoms with Crippen molar-refractivity contribution < 1.29 is 4.79 Å². The van der Waals surface area contributed by atoms with E-state index in [9.17, 15) is 9.59 Å². The van der Waals surface area contributed by atoms with E-state index in [1.54, 1.807) is 6.92 Å². The molecule has 1 heterocycles. The van der Waals surface area contributed by atoms with Crippen molar-refractivity contribution in [3.05, 3.63) is 33.7 Å². The Hall–Kier alpha value is -1.58. The number of pyridine rings is 1. The molecule has 0 bridgehead atoms. The highest BCUT2D eigenvalue weighted by Gasteiger charge is 2.41. The quantitative estimate of drug-likeness (QED) is 0.848. The molecule has 1 aromatic heterocycles. The van der Waals surface area contributed by atoms with Gasteiger partial charge in [0.1, 0.15) is 5.56 Å². The zero-order valence-electron chi connectivity index (χ0n) is 11.2. The molecule has 0 spiro atoms. The predicted octanol–water partition coefficient (Wildman–Crippen LogP) is 1.85. The van der Waals surface area contributed by atoms with Crippen molar-refractivity contribution in [3.63, 3.8) is 0 Å². The molecule has 0 atom stereocenters. The van der Waals surface area contributed by atoms with Crippen molar-refractivity contribution in [1.29, 1.82) is 0 Å². The maximum atomic E-state index is 12.0. The first-order valence-electron chi connectivity index (χ1n) is 7.12. The van der Waals surface area contributed by atoms with Crippen molar-refractivity contribution in [1.82, 2.24) is 10.3 Å². The van der Waals surface area contributed by atoms with Crippen LogP contribution >= 0.6 is 0 Å². The van der Waals surface area contributed by atoms with Crippen molar-refractivity contribution in [3.8, 4) is 0 Å². The van der Waals surface area contributed by atoms with Gasteiger partial charge in [-0.2, -0.15) is 0 Å². The predicted molar refractivity (Wildman–Crippen MR) is 73.1 cm³/mol. The standard InChI is InChI=1S/C15H20N2O2/c1-9-6-14(18)13(8-16-9)15(19)17-7-12(10-2-3-10)11-4-5-11/h6,8,10-12H,2-5,7H2,1H3,(H,16,18)(H,17,19). The van der Waals surface area contributed by atoms with Crippen LogP contribution in [0.4, 0.5) is 0 Å². The molecule has 1 aromatic rings. The summed E-state index contributed by atoms with van der Waals surface area (Å²) in [4.78, 5) is 26.7. The lowest BCUT2D eigenvalue weighted by Crippen LogP contribution is -2.34. The molecule has 0 radical (unpaired) electrons. The maximum Gasteiger partial charge on any atom is 0.256 e. The van der Waals surface area contributed by atoms with E-state index in [-0.39, 0.29) is 16.9 Å². The lowest BCUT2D eigenvalue weighted by molar-refractivity contribution is 0.0942. The Morgan fingerprint density at radius 1 is 1.37 bits per heavy atom. The molecule has 4 heteroatoms. The summed E-state index contributed by atoms with van der Waals surface area (Å²) < 4.78 is 0. The molecule has 2 aliphatic carbocycles. The summed E-state index contributed by atoms with van der Waals surface area (Å²) in [5.41, 5.74) is 0.787. The molecule has 3 rings (SSSR count). The molecular formula is C15H20N2O2. The maximum absolute atomic E-state index is 12.0. The van der Waals surface area contributed by atoms with E-state index in [4.69, 9.17) is 0 Å². The molecule has 2 saturated carbocycles. The number of carbonyl (C=O) groups excluding carboxylic acids is 1. The number of aromatic amines is 1. The number of carbonyl (C=O) groups is 1. The lowest BCUT2D eigenvalue weighted by Gasteiger charge is -2.16. The summed E-state index contributed by atoms with van der Waals surface area (Å²) in [6.07, 6.45) is 6.74. The van der Waals surface area contributed by atoms with Gasteiger partial charge in [-0.05, 0) is 50.4 Å². The summed E-state index contributed by atoms with van der Waals surface area (Å²) >= 11 is 0. The van der Waals surface area contributed by atoms with E-state index in [0.29, 0.717) is 5.92 Å². The lowest BCUT2D eigenvalue weighted by atomic mass is 9.98. The molecule has 0 aromatic carbocycles. The number of aromatic nitrogens is 1. The molecule has 0 aliphatic heterocycles. The first-order chi connectivity index (χ1) is 9.15. The fraction of sp³-hybridized carbons (Fsp3) is 0.600. The van der Waals surface area contributed by atoms with Gasteiger partial charge in [-0.3, -0.25) is 9.59 Å². The molecule has 0 saturated heterocycles.